The molecule has 0 aliphatic heterocycles. The van der Waals surface area contributed by atoms with Crippen molar-refractivity contribution in [1.82, 2.24) is 5.32 Å². The highest BCUT2D eigenvalue weighted by Crippen LogP contribution is 2.20. The average Bonchev–Trinajstić information content (AvgIpc) is 2.56. The van der Waals surface area contributed by atoms with Gasteiger partial charge in [-0.25, -0.2) is 0 Å². The van der Waals surface area contributed by atoms with Crippen LogP contribution in [0.5, 0.6) is 5.75 Å². The van der Waals surface area contributed by atoms with E-state index in [0.717, 1.165) is 11.3 Å². The Morgan fingerprint density at radius 3 is 2.26 bits per heavy atom. The van der Waals surface area contributed by atoms with Gasteiger partial charge < -0.3 is 10.1 Å². The topological polar surface area (TPSA) is 38.3 Å². The second-order valence-corrected chi connectivity index (χ2v) is 5.81. The van der Waals surface area contributed by atoms with E-state index in [1.807, 2.05) is 56.3 Å². The number of hydrogen-bond acceptors (Lipinski definition) is 2. The first-order chi connectivity index (χ1) is 11.1. The highest BCUT2D eigenvalue weighted by molar-refractivity contribution is 5.77. The Labute approximate surface area is 138 Å². The fraction of sp³-hybridized carbons (Fsp3) is 0.350. The zero-order chi connectivity index (χ0) is 16.7. The Morgan fingerprint density at radius 1 is 1.00 bits per heavy atom. The Kier molecular flexibility index (Phi) is 6.21. The number of ether oxygens (including phenoxy) is 1. The van der Waals surface area contributed by atoms with Crippen LogP contribution in [0.15, 0.2) is 54.6 Å². The zero-order valence-electron chi connectivity index (χ0n) is 14.1. The van der Waals surface area contributed by atoms with E-state index in [0.29, 0.717) is 13.0 Å². The van der Waals surface area contributed by atoms with Gasteiger partial charge in [0.15, 0.2) is 0 Å². The minimum atomic E-state index is -0.0128. The molecule has 2 aromatic carbocycles. The molecule has 2 atom stereocenters. The Hall–Kier alpha value is -2.29. The van der Waals surface area contributed by atoms with Gasteiger partial charge in [-0.2, -0.15) is 0 Å². The lowest BCUT2D eigenvalue weighted by Crippen LogP contribution is -2.27. The first-order valence-electron chi connectivity index (χ1n) is 8.17. The Bertz CT molecular complexity index is 607. The maximum atomic E-state index is 12.2. The second kappa shape index (κ2) is 8.37. The van der Waals surface area contributed by atoms with E-state index in [-0.39, 0.29) is 17.9 Å². The Balaban J connectivity index is 1.89. The largest absolute Gasteiger partial charge is 0.494 e. The van der Waals surface area contributed by atoms with Crippen LogP contribution in [0.1, 0.15) is 50.3 Å². The summed E-state index contributed by atoms with van der Waals surface area (Å²) in [6.45, 7) is 6.70. The van der Waals surface area contributed by atoms with E-state index >= 15 is 0 Å². The molecule has 3 nitrogen and oxygen atoms in total. The molecule has 1 N–H and O–H groups in total. The molecule has 0 aliphatic carbocycles. The molecule has 0 aliphatic rings. The molecule has 1 amide bonds. The molecule has 23 heavy (non-hydrogen) atoms. The average molecular weight is 311 g/mol. The first kappa shape index (κ1) is 17.1. The molecule has 0 spiro atoms. The Morgan fingerprint density at radius 2 is 1.65 bits per heavy atom. The molecule has 0 saturated carbocycles. The smallest absolute Gasteiger partial charge is 0.221 e. The lowest BCUT2D eigenvalue weighted by molar-refractivity contribution is -0.122. The van der Waals surface area contributed by atoms with Crippen molar-refractivity contribution in [1.29, 1.82) is 0 Å². The SMILES string of the molecule is CCOc1ccc([C@@H](C)NC(=O)C[C@H](C)c2ccccc2)cc1. The molecule has 0 saturated heterocycles. The molecule has 0 bridgehead atoms. The van der Waals surface area contributed by atoms with Crippen molar-refractivity contribution >= 4 is 5.91 Å². The van der Waals surface area contributed by atoms with Crippen molar-refractivity contribution in [2.75, 3.05) is 6.61 Å². The van der Waals surface area contributed by atoms with Crippen molar-refractivity contribution in [3.63, 3.8) is 0 Å². The van der Waals surface area contributed by atoms with Gasteiger partial charge in [0.2, 0.25) is 5.91 Å². The summed E-state index contributed by atoms with van der Waals surface area (Å²) in [6.07, 6.45) is 0.491. The van der Waals surface area contributed by atoms with Gasteiger partial charge in [0.1, 0.15) is 5.75 Å². The van der Waals surface area contributed by atoms with Crippen molar-refractivity contribution in [3.8, 4) is 5.75 Å². The third-order valence-corrected chi connectivity index (χ3v) is 3.93. The number of carbonyl (C=O) groups excluding carboxylic acids is 1. The number of amides is 1. The van der Waals surface area contributed by atoms with E-state index in [1.165, 1.54) is 5.56 Å². The first-order valence-corrected chi connectivity index (χ1v) is 8.17. The van der Waals surface area contributed by atoms with Crippen LogP contribution in [0, 0.1) is 0 Å². The van der Waals surface area contributed by atoms with E-state index in [4.69, 9.17) is 4.74 Å². The van der Waals surface area contributed by atoms with Crippen molar-refractivity contribution < 1.29 is 9.53 Å². The van der Waals surface area contributed by atoms with E-state index in [9.17, 15) is 4.79 Å². The van der Waals surface area contributed by atoms with Crippen LogP contribution in [0.25, 0.3) is 0 Å². The zero-order valence-corrected chi connectivity index (χ0v) is 14.1. The molecule has 0 heterocycles. The number of carbonyl (C=O) groups is 1. The molecule has 0 radical (unpaired) electrons. The standard InChI is InChI=1S/C20H25NO2/c1-4-23-19-12-10-18(11-13-19)16(3)21-20(22)14-15(2)17-8-6-5-7-9-17/h5-13,15-16H,4,14H2,1-3H3,(H,21,22)/t15-,16+/m0/s1. The molecule has 122 valence electrons. The van der Waals surface area contributed by atoms with Gasteiger partial charge in [-0.15, -0.1) is 0 Å². The van der Waals surface area contributed by atoms with E-state index in [1.54, 1.807) is 0 Å². The van der Waals surface area contributed by atoms with Crippen molar-refractivity contribution in [2.45, 2.75) is 39.2 Å². The van der Waals surface area contributed by atoms with Crippen LogP contribution in [0.3, 0.4) is 0 Å². The van der Waals surface area contributed by atoms with Crippen LogP contribution >= 0.6 is 0 Å². The summed E-state index contributed by atoms with van der Waals surface area (Å²) < 4.78 is 5.44. The van der Waals surface area contributed by atoms with Gasteiger partial charge in [-0.1, -0.05) is 49.4 Å². The quantitative estimate of drug-likeness (QED) is 0.820. The number of hydrogen-bond donors (Lipinski definition) is 1. The predicted molar refractivity (Wildman–Crippen MR) is 93.6 cm³/mol. The van der Waals surface area contributed by atoms with Crippen LogP contribution in [-0.2, 0) is 4.79 Å². The molecule has 0 fully saturated rings. The number of benzene rings is 2. The van der Waals surface area contributed by atoms with Crippen LogP contribution in [0.2, 0.25) is 0 Å². The second-order valence-electron chi connectivity index (χ2n) is 5.81. The molecule has 3 heteroatoms. The minimum Gasteiger partial charge on any atom is -0.494 e. The monoisotopic (exact) mass is 311 g/mol. The lowest BCUT2D eigenvalue weighted by Gasteiger charge is -2.17. The van der Waals surface area contributed by atoms with Gasteiger partial charge in [0.25, 0.3) is 0 Å². The molecule has 0 unspecified atom stereocenters. The van der Waals surface area contributed by atoms with Gasteiger partial charge in [-0.05, 0) is 43.0 Å². The number of rotatable bonds is 7. The molecule has 2 aromatic rings. The minimum absolute atomic E-state index is 0.0128. The van der Waals surface area contributed by atoms with Gasteiger partial charge in [0.05, 0.1) is 12.6 Å². The fourth-order valence-electron chi connectivity index (χ4n) is 2.58. The lowest BCUT2D eigenvalue weighted by atomic mass is 9.97. The van der Waals surface area contributed by atoms with Crippen molar-refractivity contribution in [3.05, 3.63) is 65.7 Å². The summed E-state index contributed by atoms with van der Waals surface area (Å²) in [5.74, 6) is 1.14. The summed E-state index contributed by atoms with van der Waals surface area (Å²) in [5, 5.41) is 3.07. The summed E-state index contributed by atoms with van der Waals surface area (Å²) in [6, 6.07) is 18.0. The summed E-state index contributed by atoms with van der Waals surface area (Å²) in [5.41, 5.74) is 2.27. The van der Waals surface area contributed by atoms with E-state index < -0.39 is 0 Å². The molecular weight excluding hydrogens is 286 g/mol. The summed E-state index contributed by atoms with van der Waals surface area (Å²) in [4.78, 5) is 12.2. The normalized spacial score (nSPS) is 13.2. The summed E-state index contributed by atoms with van der Waals surface area (Å²) in [7, 11) is 0. The molecular formula is C20H25NO2. The van der Waals surface area contributed by atoms with E-state index in [2.05, 4.69) is 24.4 Å². The highest BCUT2D eigenvalue weighted by Gasteiger charge is 2.14. The van der Waals surface area contributed by atoms with Crippen LogP contribution in [0.4, 0.5) is 0 Å². The molecule has 0 aromatic heterocycles. The highest BCUT2D eigenvalue weighted by atomic mass is 16.5. The summed E-state index contributed by atoms with van der Waals surface area (Å²) >= 11 is 0. The number of nitrogens with one attached hydrogen (secondary N) is 1. The van der Waals surface area contributed by atoms with Gasteiger partial charge in [-0.3, -0.25) is 4.79 Å². The predicted octanol–water partition coefficient (Wildman–Crippen LogP) is 4.46. The maximum absolute atomic E-state index is 12.2. The fourth-order valence-corrected chi connectivity index (χ4v) is 2.58. The van der Waals surface area contributed by atoms with Crippen LogP contribution in [-0.4, -0.2) is 12.5 Å². The molecule has 2 rings (SSSR count). The van der Waals surface area contributed by atoms with Crippen molar-refractivity contribution in [2.24, 2.45) is 0 Å². The van der Waals surface area contributed by atoms with Gasteiger partial charge in [0, 0.05) is 6.42 Å². The third kappa shape index (κ3) is 5.13. The van der Waals surface area contributed by atoms with Crippen LogP contribution < -0.4 is 10.1 Å². The van der Waals surface area contributed by atoms with Gasteiger partial charge >= 0.3 is 0 Å². The maximum Gasteiger partial charge on any atom is 0.221 e. The third-order valence-electron chi connectivity index (χ3n) is 3.93.